The minimum absolute atomic E-state index is 0.165. The van der Waals surface area contributed by atoms with Gasteiger partial charge in [0.15, 0.2) is 5.69 Å². The Bertz CT molecular complexity index is 341. The summed E-state index contributed by atoms with van der Waals surface area (Å²) in [6.07, 6.45) is 3.51. The smallest absolute Gasteiger partial charge is 0.355 e. The summed E-state index contributed by atoms with van der Waals surface area (Å²) in [7, 11) is 0. The van der Waals surface area contributed by atoms with Crippen molar-refractivity contribution in [2.45, 2.75) is 31.6 Å². The van der Waals surface area contributed by atoms with Crippen LogP contribution in [0, 0.1) is 0 Å². The topological polar surface area (TPSA) is 50.2 Å². The number of thiazole rings is 1. The van der Waals surface area contributed by atoms with E-state index in [1.807, 2.05) is 0 Å². The molecule has 1 heterocycles. The van der Waals surface area contributed by atoms with E-state index in [0.717, 1.165) is 17.8 Å². The lowest BCUT2D eigenvalue weighted by Gasteiger charge is -2.36. The molecular formula is C9H11NO2S. The van der Waals surface area contributed by atoms with Crippen molar-refractivity contribution in [1.82, 2.24) is 4.98 Å². The number of hydrogen-bond donors (Lipinski definition) is 1. The Morgan fingerprint density at radius 1 is 1.69 bits per heavy atom. The molecule has 0 aliphatic heterocycles. The highest BCUT2D eigenvalue weighted by Crippen LogP contribution is 2.44. The van der Waals surface area contributed by atoms with Gasteiger partial charge in [-0.3, -0.25) is 0 Å². The minimum Gasteiger partial charge on any atom is -0.476 e. The average molecular weight is 197 g/mol. The molecule has 1 aromatic rings. The molecule has 1 fully saturated rings. The molecule has 13 heavy (non-hydrogen) atoms. The van der Waals surface area contributed by atoms with Gasteiger partial charge in [0, 0.05) is 10.8 Å². The lowest BCUT2D eigenvalue weighted by Crippen LogP contribution is -2.30. The molecule has 0 saturated heterocycles. The van der Waals surface area contributed by atoms with Gasteiger partial charge in [0.25, 0.3) is 0 Å². The van der Waals surface area contributed by atoms with Gasteiger partial charge in [-0.05, 0) is 12.8 Å². The highest BCUT2D eigenvalue weighted by atomic mass is 32.1. The summed E-state index contributed by atoms with van der Waals surface area (Å²) >= 11 is 1.47. The van der Waals surface area contributed by atoms with Crippen LogP contribution >= 0.6 is 11.3 Å². The number of carboxylic acids is 1. The van der Waals surface area contributed by atoms with Crippen LogP contribution in [0.5, 0.6) is 0 Å². The number of carboxylic acid groups (broad SMARTS) is 1. The normalized spacial score (nSPS) is 19.5. The summed E-state index contributed by atoms with van der Waals surface area (Å²) < 4.78 is 0. The number of carbonyl (C=O) groups is 1. The van der Waals surface area contributed by atoms with Gasteiger partial charge in [-0.15, -0.1) is 11.3 Å². The minimum atomic E-state index is -0.926. The van der Waals surface area contributed by atoms with Gasteiger partial charge in [-0.2, -0.15) is 0 Å². The van der Waals surface area contributed by atoms with Crippen LogP contribution in [0.4, 0.5) is 0 Å². The first kappa shape index (κ1) is 8.69. The van der Waals surface area contributed by atoms with Crippen molar-refractivity contribution >= 4 is 17.3 Å². The van der Waals surface area contributed by atoms with Crippen molar-refractivity contribution in [3.63, 3.8) is 0 Å². The molecule has 70 valence electrons. The number of aromatic nitrogens is 1. The van der Waals surface area contributed by atoms with E-state index >= 15 is 0 Å². The Morgan fingerprint density at radius 2 is 2.38 bits per heavy atom. The van der Waals surface area contributed by atoms with Crippen molar-refractivity contribution in [2.24, 2.45) is 0 Å². The van der Waals surface area contributed by atoms with Crippen LogP contribution in [-0.4, -0.2) is 16.1 Å². The zero-order valence-corrected chi connectivity index (χ0v) is 8.23. The molecule has 1 aliphatic carbocycles. The molecule has 0 atom stereocenters. The molecule has 0 radical (unpaired) electrons. The molecular weight excluding hydrogens is 186 g/mol. The molecule has 1 aromatic heterocycles. The van der Waals surface area contributed by atoms with E-state index in [-0.39, 0.29) is 11.1 Å². The Labute approximate surface area is 80.4 Å². The van der Waals surface area contributed by atoms with Crippen LogP contribution in [0.2, 0.25) is 0 Å². The summed E-state index contributed by atoms with van der Waals surface area (Å²) in [6, 6.07) is 0. The molecule has 4 heteroatoms. The van der Waals surface area contributed by atoms with E-state index in [9.17, 15) is 4.79 Å². The zero-order valence-electron chi connectivity index (χ0n) is 7.41. The third-order valence-corrected chi connectivity index (χ3v) is 3.85. The van der Waals surface area contributed by atoms with Gasteiger partial charge in [-0.1, -0.05) is 13.3 Å². The van der Waals surface area contributed by atoms with Crippen LogP contribution in [-0.2, 0) is 5.41 Å². The van der Waals surface area contributed by atoms with Crippen LogP contribution in [0.25, 0.3) is 0 Å². The van der Waals surface area contributed by atoms with Crippen molar-refractivity contribution in [3.05, 3.63) is 16.1 Å². The fourth-order valence-corrected chi connectivity index (χ4v) is 2.59. The summed E-state index contributed by atoms with van der Waals surface area (Å²) in [6.45, 7) is 2.15. The van der Waals surface area contributed by atoms with Crippen LogP contribution in [0.15, 0.2) is 5.38 Å². The van der Waals surface area contributed by atoms with Crippen molar-refractivity contribution in [3.8, 4) is 0 Å². The Morgan fingerprint density at radius 3 is 2.77 bits per heavy atom. The molecule has 1 N–H and O–H groups in total. The molecule has 1 saturated carbocycles. The molecule has 2 rings (SSSR count). The van der Waals surface area contributed by atoms with E-state index in [4.69, 9.17) is 5.11 Å². The van der Waals surface area contributed by atoms with E-state index in [1.54, 1.807) is 5.38 Å². The second-order valence-electron chi connectivity index (χ2n) is 3.76. The lowest BCUT2D eigenvalue weighted by molar-refractivity contribution is 0.0690. The molecule has 0 bridgehead atoms. The van der Waals surface area contributed by atoms with Gasteiger partial charge >= 0.3 is 5.97 Å². The summed E-state index contributed by atoms with van der Waals surface area (Å²) in [5.74, 6) is -0.926. The molecule has 0 amide bonds. The Hall–Kier alpha value is -0.900. The first-order valence-electron chi connectivity index (χ1n) is 4.31. The maximum absolute atomic E-state index is 10.6. The van der Waals surface area contributed by atoms with Gasteiger partial charge in [0.05, 0.1) is 5.01 Å². The quantitative estimate of drug-likeness (QED) is 0.791. The third kappa shape index (κ3) is 1.35. The zero-order chi connectivity index (χ0) is 9.47. The predicted molar refractivity (Wildman–Crippen MR) is 50.3 cm³/mol. The summed E-state index contributed by atoms with van der Waals surface area (Å²) in [5, 5.41) is 11.3. The van der Waals surface area contributed by atoms with Crippen LogP contribution in [0.1, 0.15) is 41.7 Å². The second-order valence-corrected chi connectivity index (χ2v) is 4.62. The fraction of sp³-hybridized carbons (Fsp3) is 0.556. The molecule has 0 aromatic carbocycles. The first-order valence-corrected chi connectivity index (χ1v) is 5.19. The standard InChI is InChI=1S/C9H11NO2S/c1-9(3-2-4-9)8-10-6(5-13-8)7(11)12/h5H,2-4H2,1H3,(H,11,12). The highest BCUT2D eigenvalue weighted by Gasteiger charge is 2.36. The van der Waals surface area contributed by atoms with E-state index in [0.29, 0.717) is 0 Å². The number of nitrogens with zero attached hydrogens (tertiary/aromatic N) is 1. The lowest BCUT2D eigenvalue weighted by atomic mass is 9.71. The number of aromatic carboxylic acids is 1. The van der Waals surface area contributed by atoms with Gasteiger partial charge in [0.1, 0.15) is 0 Å². The molecule has 3 nitrogen and oxygen atoms in total. The Balaban J connectivity index is 2.27. The predicted octanol–water partition coefficient (Wildman–Crippen LogP) is 2.28. The Kier molecular flexibility index (Phi) is 1.87. The molecule has 1 aliphatic rings. The van der Waals surface area contributed by atoms with Gasteiger partial charge < -0.3 is 5.11 Å². The van der Waals surface area contributed by atoms with Gasteiger partial charge in [-0.25, -0.2) is 9.78 Å². The highest BCUT2D eigenvalue weighted by molar-refractivity contribution is 7.10. The summed E-state index contributed by atoms with van der Waals surface area (Å²) in [5.41, 5.74) is 0.353. The summed E-state index contributed by atoms with van der Waals surface area (Å²) in [4.78, 5) is 14.7. The maximum Gasteiger partial charge on any atom is 0.355 e. The average Bonchev–Trinajstić information content (AvgIpc) is 2.48. The fourth-order valence-electron chi connectivity index (χ4n) is 1.57. The first-order chi connectivity index (χ1) is 6.12. The molecule has 0 unspecified atom stereocenters. The van der Waals surface area contributed by atoms with Crippen molar-refractivity contribution in [1.29, 1.82) is 0 Å². The van der Waals surface area contributed by atoms with E-state index in [2.05, 4.69) is 11.9 Å². The SMILES string of the molecule is CC1(c2nc(C(=O)O)cs2)CCC1. The van der Waals surface area contributed by atoms with Crippen LogP contribution < -0.4 is 0 Å². The van der Waals surface area contributed by atoms with Crippen LogP contribution in [0.3, 0.4) is 0 Å². The van der Waals surface area contributed by atoms with Crippen molar-refractivity contribution < 1.29 is 9.90 Å². The monoisotopic (exact) mass is 197 g/mol. The number of rotatable bonds is 2. The molecule has 0 spiro atoms. The third-order valence-electron chi connectivity index (χ3n) is 2.70. The largest absolute Gasteiger partial charge is 0.476 e. The number of hydrogen-bond acceptors (Lipinski definition) is 3. The van der Waals surface area contributed by atoms with E-state index < -0.39 is 5.97 Å². The van der Waals surface area contributed by atoms with Crippen molar-refractivity contribution in [2.75, 3.05) is 0 Å². The van der Waals surface area contributed by atoms with E-state index in [1.165, 1.54) is 17.8 Å². The second kappa shape index (κ2) is 2.80. The van der Waals surface area contributed by atoms with Gasteiger partial charge in [0.2, 0.25) is 0 Å². The maximum atomic E-state index is 10.6.